The third-order valence-corrected chi connectivity index (χ3v) is 5.46. The van der Waals surface area contributed by atoms with E-state index in [2.05, 4.69) is 27.8 Å². The fourth-order valence-corrected chi connectivity index (χ4v) is 3.67. The molecule has 0 aromatic heterocycles. The Morgan fingerprint density at radius 2 is 2.30 bits per heavy atom. The minimum absolute atomic E-state index is 0.00155. The second-order valence-corrected chi connectivity index (χ2v) is 7.19. The van der Waals surface area contributed by atoms with E-state index in [0.29, 0.717) is 5.70 Å². The molecule has 1 aliphatic rings. The van der Waals surface area contributed by atoms with Crippen molar-refractivity contribution in [3.8, 4) is 5.75 Å². The average molecular weight is 372 g/mol. The Morgan fingerprint density at radius 1 is 1.50 bits per heavy atom. The van der Waals surface area contributed by atoms with E-state index < -0.39 is 0 Å². The van der Waals surface area contributed by atoms with Gasteiger partial charge in [0.2, 0.25) is 5.12 Å². The molecule has 0 atom stereocenters. The topological polar surface area (TPSA) is 38.7 Å². The number of benzene rings is 1. The van der Waals surface area contributed by atoms with Gasteiger partial charge in [-0.1, -0.05) is 34.6 Å². The highest BCUT2D eigenvalue weighted by atomic mass is 79.9. The Balaban J connectivity index is 2.26. The number of carbonyl (C=O) groups is 1. The maximum Gasteiger partial charge on any atom is 0.244 e. The van der Waals surface area contributed by atoms with E-state index in [1.165, 1.54) is 11.8 Å². The summed E-state index contributed by atoms with van der Waals surface area (Å²) in [5.41, 5.74) is 1.38. The van der Waals surface area contributed by atoms with E-state index in [1.54, 1.807) is 24.9 Å². The van der Waals surface area contributed by atoms with Gasteiger partial charge in [0.15, 0.2) is 0 Å². The quantitative estimate of drug-likeness (QED) is 0.726. The molecule has 6 heteroatoms. The molecule has 1 aliphatic heterocycles. The van der Waals surface area contributed by atoms with Crippen molar-refractivity contribution in [1.82, 2.24) is 0 Å². The highest BCUT2D eigenvalue weighted by Gasteiger charge is 2.22. The average Bonchev–Trinajstić information content (AvgIpc) is 2.79. The molecule has 0 N–H and O–H groups in total. The maximum atomic E-state index is 11.9. The number of hydrogen-bond donors (Lipinski definition) is 0. The van der Waals surface area contributed by atoms with Crippen LogP contribution in [0.4, 0.5) is 0 Å². The molecule has 0 saturated carbocycles. The van der Waals surface area contributed by atoms with Crippen molar-refractivity contribution in [3.63, 3.8) is 0 Å². The van der Waals surface area contributed by atoms with Gasteiger partial charge in [-0.25, -0.2) is 4.99 Å². The third kappa shape index (κ3) is 3.90. The lowest BCUT2D eigenvalue weighted by Gasteiger charge is -2.03. The molecule has 0 unspecified atom stereocenters. The Morgan fingerprint density at radius 3 is 3.00 bits per heavy atom. The van der Waals surface area contributed by atoms with Crippen molar-refractivity contribution in [2.75, 3.05) is 12.9 Å². The predicted octanol–water partition coefficient (Wildman–Crippen LogP) is 4.57. The SMILES string of the molecule is CCCSC1=NC(=Cc2cc(OC)ccc2Br)C(=O)S1. The van der Waals surface area contributed by atoms with Crippen LogP contribution in [-0.4, -0.2) is 22.4 Å². The molecule has 0 bridgehead atoms. The number of rotatable bonds is 4. The van der Waals surface area contributed by atoms with Gasteiger partial charge in [-0.05, 0) is 53.8 Å². The Hall–Kier alpha value is -0.720. The lowest BCUT2D eigenvalue weighted by Crippen LogP contribution is -1.89. The van der Waals surface area contributed by atoms with Crippen molar-refractivity contribution < 1.29 is 9.53 Å². The number of ether oxygens (including phenoxy) is 1. The van der Waals surface area contributed by atoms with Gasteiger partial charge in [-0.3, -0.25) is 4.79 Å². The van der Waals surface area contributed by atoms with E-state index in [9.17, 15) is 4.79 Å². The fraction of sp³-hybridized carbons (Fsp3) is 0.286. The summed E-state index contributed by atoms with van der Waals surface area (Å²) in [5.74, 6) is 1.73. The number of thioether (sulfide) groups is 2. The second kappa shape index (κ2) is 7.33. The van der Waals surface area contributed by atoms with Gasteiger partial charge in [0, 0.05) is 4.47 Å². The van der Waals surface area contributed by atoms with Crippen LogP contribution in [0.25, 0.3) is 6.08 Å². The summed E-state index contributed by atoms with van der Waals surface area (Å²) in [6, 6.07) is 5.64. The Labute approximate surface area is 135 Å². The molecule has 1 heterocycles. The molecule has 0 aliphatic carbocycles. The number of carbonyl (C=O) groups excluding carboxylic acids is 1. The van der Waals surface area contributed by atoms with Crippen LogP contribution >= 0.6 is 39.5 Å². The van der Waals surface area contributed by atoms with Gasteiger partial charge in [0.05, 0.1) is 7.11 Å². The molecule has 1 aromatic rings. The fourth-order valence-electron chi connectivity index (χ4n) is 1.55. The highest BCUT2D eigenvalue weighted by Crippen LogP contribution is 2.33. The van der Waals surface area contributed by atoms with Crippen LogP contribution in [0.5, 0.6) is 5.75 Å². The molecule has 0 saturated heterocycles. The molecule has 0 fully saturated rings. The number of nitrogens with zero attached hydrogens (tertiary/aromatic N) is 1. The summed E-state index contributed by atoms with van der Waals surface area (Å²) in [4.78, 5) is 16.3. The molecule has 1 aromatic carbocycles. The lowest BCUT2D eigenvalue weighted by atomic mass is 10.2. The first-order valence-corrected chi connectivity index (χ1v) is 8.72. The van der Waals surface area contributed by atoms with E-state index >= 15 is 0 Å². The molecule has 3 nitrogen and oxygen atoms in total. The van der Waals surface area contributed by atoms with Crippen molar-refractivity contribution in [3.05, 3.63) is 33.9 Å². The molecule has 0 spiro atoms. The van der Waals surface area contributed by atoms with Crippen LogP contribution in [0, 0.1) is 0 Å². The first-order chi connectivity index (χ1) is 9.63. The van der Waals surface area contributed by atoms with Gasteiger partial charge in [-0.2, -0.15) is 0 Å². The van der Waals surface area contributed by atoms with E-state index in [4.69, 9.17) is 4.74 Å². The molecule has 0 radical (unpaired) electrons. The van der Waals surface area contributed by atoms with Crippen LogP contribution in [0.2, 0.25) is 0 Å². The normalized spacial score (nSPS) is 16.6. The summed E-state index contributed by atoms with van der Waals surface area (Å²) in [5, 5.41) is -0.00155. The minimum atomic E-state index is -0.00155. The number of halogens is 1. The van der Waals surface area contributed by atoms with E-state index in [-0.39, 0.29) is 5.12 Å². The molecular formula is C14H14BrNO2S2. The maximum absolute atomic E-state index is 11.9. The van der Waals surface area contributed by atoms with Crippen LogP contribution in [0.15, 0.2) is 33.4 Å². The van der Waals surface area contributed by atoms with Gasteiger partial charge in [0.25, 0.3) is 0 Å². The zero-order valence-electron chi connectivity index (χ0n) is 11.2. The number of methoxy groups -OCH3 is 1. The van der Waals surface area contributed by atoms with Crippen LogP contribution in [0.3, 0.4) is 0 Å². The molecular weight excluding hydrogens is 358 g/mol. The molecule has 20 heavy (non-hydrogen) atoms. The number of aliphatic imine (C=N–C) groups is 1. The van der Waals surface area contributed by atoms with Crippen LogP contribution < -0.4 is 4.74 Å². The minimum Gasteiger partial charge on any atom is -0.497 e. The summed E-state index contributed by atoms with van der Waals surface area (Å²) >= 11 is 6.31. The molecule has 106 valence electrons. The van der Waals surface area contributed by atoms with Crippen molar-refractivity contribution in [2.45, 2.75) is 13.3 Å². The van der Waals surface area contributed by atoms with Crippen LogP contribution in [-0.2, 0) is 4.79 Å². The van der Waals surface area contributed by atoms with Crippen molar-refractivity contribution >= 4 is 55.0 Å². The zero-order chi connectivity index (χ0) is 14.5. The summed E-state index contributed by atoms with van der Waals surface area (Å²) in [6.45, 7) is 2.11. The smallest absolute Gasteiger partial charge is 0.244 e. The number of hydrogen-bond acceptors (Lipinski definition) is 5. The predicted molar refractivity (Wildman–Crippen MR) is 91.5 cm³/mol. The monoisotopic (exact) mass is 371 g/mol. The van der Waals surface area contributed by atoms with Gasteiger partial charge in [-0.15, -0.1) is 0 Å². The second-order valence-electron chi connectivity index (χ2n) is 4.03. The Bertz CT molecular complexity index is 585. The Kier molecular flexibility index (Phi) is 5.74. The van der Waals surface area contributed by atoms with Gasteiger partial charge in [0.1, 0.15) is 15.8 Å². The largest absolute Gasteiger partial charge is 0.497 e. The van der Waals surface area contributed by atoms with E-state index in [0.717, 1.165) is 32.3 Å². The van der Waals surface area contributed by atoms with Crippen LogP contribution in [0.1, 0.15) is 18.9 Å². The van der Waals surface area contributed by atoms with Gasteiger partial charge < -0.3 is 4.74 Å². The third-order valence-electron chi connectivity index (χ3n) is 2.53. The lowest BCUT2D eigenvalue weighted by molar-refractivity contribution is -0.107. The van der Waals surface area contributed by atoms with E-state index in [1.807, 2.05) is 18.2 Å². The van der Waals surface area contributed by atoms with Crippen molar-refractivity contribution in [1.29, 1.82) is 0 Å². The van der Waals surface area contributed by atoms with Crippen molar-refractivity contribution in [2.24, 2.45) is 4.99 Å². The highest BCUT2D eigenvalue weighted by molar-refractivity contribution is 9.10. The zero-order valence-corrected chi connectivity index (χ0v) is 14.4. The van der Waals surface area contributed by atoms with Gasteiger partial charge >= 0.3 is 0 Å². The molecule has 2 rings (SSSR count). The molecule has 0 amide bonds. The first-order valence-electron chi connectivity index (χ1n) is 6.13. The summed E-state index contributed by atoms with van der Waals surface area (Å²) in [6.07, 6.45) is 2.86. The standard InChI is InChI=1S/C14H14BrNO2S2/c1-3-6-19-14-16-12(13(17)20-14)8-9-7-10(18-2)4-5-11(9)15/h4-5,7-8H,3,6H2,1-2H3. The summed E-state index contributed by atoms with van der Waals surface area (Å²) in [7, 11) is 1.62. The summed E-state index contributed by atoms with van der Waals surface area (Å²) < 4.78 is 6.94. The first kappa shape index (κ1) is 15.7.